The van der Waals surface area contributed by atoms with Crippen molar-refractivity contribution in [2.75, 3.05) is 0 Å². The summed E-state index contributed by atoms with van der Waals surface area (Å²) in [5, 5.41) is 0. The van der Waals surface area contributed by atoms with Gasteiger partial charge in [-0.3, -0.25) is 4.99 Å². The number of hydrogen-bond acceptors (Lipinski definition) is 1. The second kappa shape index (κ2) is 6.25. The van der Waals surface area contributed by atoms with Gasteiger partial charge in [0, 0.05) is 28.9 Å². The zero-order chi connectivity index (χ0) is 16.4. The van der Waals surface area contributed by atoms with Crippen molar-refractivity contribution < 1.29 is 0 Å². The highest BCUT2D eigenvalue weighted by atomic mass is 15.0. The van der Waals surface area contributed by atoms with E-state index in [2.05, 4.69) is 85.8 Å². The second-order valence-corrected chi connectivity index (χ2v) is 6.05. The maximum atomic E-state index is 4.69. The van der Waals surface area contributed by atoms with Gasteiger partial charge in [0.1, 0.15) is 0 Å². The fourth-order valence-corrected chi connectivity index (χ4v) is 2.98. The smallest absolute Gasteiger partial charge is 0.0659 e. The van der Waals surface area contributed by atoms with Gasteiger partial charge in [-0.1, -0.05) is 35.9 Å². The minimum atomic E-state index is 1.03. The third kappa shape index (κ3) is 3.11. The Morgan fingerprint density at radius 2 is 1.61 bits per heavy atom. The highest BCUT2D eigenvalue weighted by molar-refractivity contribution is 5.84. The Bertz CT molecular complexity index is 855. The molecule has 23 heavy (non-hydrogen) atoms. The molecule has 0 aliphatic carbocycles. The molecule has 0 amide bonds. The fourth-order valence-electron chi connectivity index (χ4n) is 2.98. The summed E-state index contributed by atoms with van der Waals surface area (Å²) in [4.78, 5) is 4.69. The standard InChI is InChI=1S/C21H22N2/c1-15-10-11-21(16(2)12-15)22-14-19-13-17(3)23(18(19)4)20-8-6-5-7-9-20/h5-14H,1-4H3. The average molecular weight is 302 g/mol. The molecular weight excluding hydrogens is 280 g/mol. The van der Waals surface area contributed by atoms with Crippen LogP contribution < -0.4 is 0 Å². The fraction of sp³-hybridized carbons (Fsp3) is 0.190. The van der Waals surface area contributed by atoms with Gasteiger partial charge in [0.25, 0.3) is 0 Å². The molecule has 0 unspecified atom stereocenters. The summed E-state index contributed by atoms with van der Waals surface area (Å²) < 4.78 is 2.27. The van der Waals surface area contributed by atoms with Gasteiger partial charge in [-0.2, -0.15) is 0 Å². The number of nitrogens with zero attached hydrogens (tertiary/aromatic N) is 2. The molecule has 0 aliphatic heterocycles. The normalized spacial score (nSPS) is 11.3. The number of aryl methyl sites for hydroxylation is 3. The van der Waals surface area contributed by atoms with E-state index in [0.29, 0.717) is 0 Å². The molecule has 0 bridgehead atoms. The summed E-state index contributed by atoms with van der Waals surface area (Å²) >= 11 is 0. The van der Waals surface area contributed by atoms with Gasteiger partial charge in [0.05, 0.1) is 5.69 Å². The minimum Gasteiger partial charge on any atom is -0.318 e. The van der Waals surface area contributed by atoms with Gasteiger partial charge in [0.15, 0.2) is 0 Å². The average Bonchev–Trinajstić information content (AvgIpc) is 2.81. The summed E-state index contributed by atoms with van der Waals surface area (Å²) in [5.74, 6) is 0. The highest BCUT2D eigenvalue weighted by Gasteiger charge is 2.09. The van der Waals surface area contributed by atoms with E-state index in [-0.39, 0.29) is 0 Å². The number of aliphatic imine (C=N–C) groups is 1. The van der Waals surface area contributed by atoms with Gasteiger partial charge in [-0.25, -0.2) is 0 Å². The van der Waals surface area contributed by atoms with Crippen LogP contribution in [0.15, 0.2) is 59.6 Å². The van der Waals surface area contributed by atoms with Gasteiger partial charge >= 0.3 is 0 Å². The predicted molar refractivity (Wildman–Crippen MR) is 98.4 cm³/mol. The van der Waals surface area contributed by atoms with Crippen LogP contribution in [-0.2, 0) is 0 Å². The van der Waals surface area contributed by atoms with E-state index in [1.165, 1.54) is 28.2 Å². The Kier molecular flexibility index (Phi) is 4.16. The zero-order valence-corrected chi connectivity index (χ0v) is 14.2. The monoisotopic (exact) mass is 302 g/mol. The first-order valence-corrected chi connectivity index (χ1v) is 7.92. The van der Waals surface area contributed by atoms with Gasteiger partial charge in [-0.15, -0.1) is 0 Å². The molecule has 0 N–H and O–H groups in total. The Morgan fingerprint density at radius 1 is 0.870 bits per heavy atom. The molecule has 0 fully saturated rings. The molecule has 1 heterocycles. The first-order chi connectivity index (χ1) is 11.1. The lowest BCUT2D eigenvalue weighted by Gasteiger charge is -2.09. The summed E-state index contributed by atoms with van der Waals surface area (Å²) in [6.07, 6.45) is 1.97. The van der Waals surface area contributed by atoms with Crippen LogP contribution in [0.5, 0.6) is 0 Å². The Labute approximate surface area is 138 Å². The first-order valence-electron chi connectivity index (χ1n) is 7.92. The number of hydrogen-bond donors (Lipinski definition) is 0. The molecule has 0 saturated heterocycles. The molecule has 2 heteroatoms. The largest absolute Gasteiger partial charge is 0.318 e. The predicted octanol–water partition coefficient (Wildman–Crippen LogP) is 5.46. The third-order valence-electron chi connectivity index (χ3n) is 4.18. The van der Waals surface area contributed by atoms with Crippen molar-refractivity contribution in [1.82, 2.24) is 4.57 Å². The zero-order valence-electron chi connectivity index (χ0n) is 14.2. The molecule has 1 aromatic heterocycles. The van der Waals surface area contributed by atoms with E-state index in [0.717, 1.165) is 11.3 Å². The lowest BCUT2D eigenvalue weighted by molar-refractivity contribution is 0.965. The summed E-state index contributed by atoms with van der Waals surface area (Å²) in [6, 6.07) is 19.0. The number of aromatic nitrogens is 1. The Hall–Kier alpha value is -2.61. The lowest BCUT2D eigenvalue weighted by Crippen LogP contribution is -1.99. The van der Waals surface area contributed by atoms with E-state index in [1.54, 1.807) is 0 Å². The molecule has 0 spiro atoms. The van der Waals surface area contributed by atoms with Gasteiger partial charge in [0.2, 0.25) is 0 Å². The van der Waals surface area contributed by atoms with Crippen molar-refractivity contribution in [3.8, 4) is 5.69 Å². The van der Waals surface area contributed by atoms with Gasteiger partial charge < -0.3 is 4.57 Å². The third-order valence-corrected chi connectivity index (χ3v) is 4.18. The van der Waals surface area contributed by atoms with E-state index in [1.807, 2.05) is 12.3 Å². The van der Waals surface area contributed by atoms with Crippen LogP contribution in [0.1, 0.15) is 28.1 Å². The first kappa shape index (κ1) is 15.3. The lowest BCUT2D eigenvalue weighted by atomic mass is 10.1. The number of rotatable bonds is 3. The maximum Gasteiger partial charge on any atom is 0.0659 e. The molecule has 0 aliphatic rings. The Balaban J connectivity index is 1.97. The topological polar surface area (TPSA) is 17.3 Å². The van der Waals surface area contributed by atoms with Crippen LogP contribution in [-0.4, -0.2) is 10.8 Å². The molecule has 3 rings (SSSR count). The molecule has 0 radical (unpaired) electrons. The number of benzene rings is 2. The van der Waals surface area contributed by atoms with E-state index < -0.39 is 0 Å². The van der Waals surface area contributed by atoms with E-state index >= 15 is 0 Å². The Morgan fingerprint density at radius 3 is 2.30 bits per heavy atom. The van der Waals surface area contributed by atoms with Crippen LogP contribution in [0.4, 0.5) is 5.69 Å². The van der Waals surface area contributed by atoms with Crippen molar-refractivity contribution in [2.24, 2.45) is 4.99 Å². The summed E-state index contributed by atoms with van der Waals surface area (Å²) in [5.41, 5.74) is 8.28. The van der Waals surface area contributed by atoms with Crippen molar-refractivity contribution in [2.45, 2.75) is 27.7 Å². The van der Waals surface area contributed by atoms with Crippen molar-refractivity contribution in [3.63, 3.8) is 0 Å². The summed E-state index contributed by atoms with van der Waals surface area (Å²) in [6.45, 7) is 8.48. The van der Waals surface area contributed by atoms with Gasteiger partial charge in [-0.05, 0) is 57.5 Å². The van der Waals surface area contributed by atoms with Crippen molar-refractivity contribution >= 4 is 11.9 Å². The molecular formula is C21H22N2. The molecule has 2 aromatic carbocycles. The van der Waals surface area contributed by atoms with Crippen molar-refractivity contribution in [1.29, 1.82) is 0 Å². The second-order valence-electron chi connectivity index (χ2n) is 6.05. The SMILES string of the molecule is Cc1ccc(N=Cc2cc(C)n(-c3ccccc3)c2C)c(C)c1. The van der Waals surface area contributed by atoms with Crippen LogP contribution in [0.25, 0.3) is 5.69 Å². The van der Waals surface area contributed by atoms with E-state index in [9.17, 15) is 0 Å². The minimum absolute atomic E-state index is 1.03. The molecule has 0 atom stereocenters. The van der Waals surface area contributed by atoms with Crippen LogP contribution in [0, 0.1) is 27.7 Å². The van der Waals surface area contributed by atoms with Crippen LogP contribution in [0.2, 0.25) is 0 Å². The van der Waals surface area contributed by atoms with Crippen LogP contribution >= 0.6 is 0 Å². The maximum absolute atomic E-state index is 4.69. The van der Waals surface area contributed by atoms with Crippen LogP contribution in [0.3, 0.4) is 0 Å². The molecule has 2 nitrogen and oxygen atoms in total. The van der Waals surface area contributed by atoms with E-state index in [4.69, 9.17) is 0 Å². The molecule has 0 saturated carbocycles. The van der Waals surface area contributed by atoms with Crippen molar-refractivity contribution in [3.05, 3.63) is 82.7 Å². The quantitative estimate of drug-likeness (QED) is 0.571. The summed E-state index contributed by atoms with van der Waals surface area (Å²) in [7, 11) is 0. The molecule has 3 aromatic rings. The number of para-hydroxylation sites is 1. The highest BCUT2D eigenvalue weighted by Crippen LogP contribution is 2.22. The molecule has 116 valence electrons.